The summed E-state index contributed by atoms with van der Waals surface area (Å²) >= 11 is 11.8. The van der Waals surface area contributed by atoms with Crippen molar-refractivity contribution in [1.29, 1.82) is 0 Å². The Balaban J connectivity index is 2.06. The molecule has 2 aliphatic rings. The average Bonchev–Trinajstić information content (AvgIpc) is 3.04. The van der Waals surface area contributed by atoms with Crippen molar-refractivity contribution in [3.05, 3.63) is 28.2 Å². The van der Waals surface area contributed by atoms with Gasteiger partial charge in [-0.05, 0) is 31.0 Å². The van der Waals surface area contributed by atoms with Gasteiger partial charge < -0.3 is 0 Å². The van der Waals surface area contributed by atoms with E-state index in [1.54, 1.807) is 0 Å². The number of hydrogen-bond donors (Lipinski definition) is 0. The van der Waals surface area contributed by atoms with Crippen molar-refractivity contribution in [2.45, 2.75) is 29.8 Å². The van der Waals surface area contributed by atoms with Gasteiger partial charge in [0.1, 0.15) is 0 Å². The minimum atomic E-state index is -4.15. The summed E-state index contributed by atoms with van der Waals surface area (Å²) in [5.74, 6) is -0.872. The molecule has 26 heavy (non-hydrogen) atoms. The smallest absolute Gasteiger partial charge is 0.229 e. The van der Waals surface area contributed by atoms with Crippen LogP contribution in [0.2, 0.25) is 10.0 Å². The maximum Gasteiger partial charge on any atom is 0.243 e. The van der Waals surface area contributed by atoms with Crippen molar-refractivity contribution in [1.82, 2.24) is 4.31 Å². The predicted molar refractivity (Wildman–Crippen MR) is 99.6 cm³/mol. The number of halogens is 2. The van der Waals surface area contributed by atoms with Gasteiger partial charge in [0.2, 0.25) is 10.0 Å². The molecule has 3 rings (SSSR count). The summed E-state index contributed by atoms with van der Waals surface area (Å²) in [4.78, 5) is -0.138. The molecule has 0 radical (unpaired) electrons. The zero-order valence-corrected chi connectivity index (χ0v) is 17.5. The van der Waals surface area contributed by atoms with Gasteiger partial charge in [-0.1, -0.05) is 23.2 Å². The number of sulfonamides is 1. The molecule has 12 heteroatoms. The normalized spacial score (nSPS) is 27.8. The van der Waals surface area contributed by atoms with Crippen LogP contribution in [0.15, 0.2) is 23.1 Å². The van der Waals surface area contributed by atoms with Crippen LogP contribution >= 0.6 is 23.2 Å². The van der Waals surface area contributed by atoms with Gasteiger partial charge in [-0.15, -0.1) is 0 Å². The van der Waals surface area contributed by atoms with Crippen molar-refractivity contribution in [2.75, 3.05) is 23.0 Å². The molecule has 2 fully saturated rings. The molecule has 2 atom stereocenters. The SMILES string of the molecule is O=S1(=O)CC[C@H](N([C@H]2CCS(=O)(=O)C2)S(=O)(=O)c2ccc(Cl)c(Cl)c2)C1. The Morgan fingerprint density at radius 2 is 1.38 bits per heavy atom. The summed E-state index contributed by atoms with van der Waals surface area (Å²) in [6, 6.07) is 2.23. The third-order valence-electron chi connectivity index (χ3n) is 4.60. The molecular weight excluding hydrogens is 445 g/mol. The van der Waals surface area contributed by atoms with E-state index in [0.29, 0.717) is 0 Å². The molecule has 0 aromatic heterocycles. The van der Waals surface area contributed by atoms with Crippen molar-refractivity contribution < 1.29 is 25.3 Å². The molecule has 2 saturated heterocycles. The second kappa shape index (κ2) is 6.89. The van der Waals surface area contributed by atoms with Crippen LogP contribution < -0.4 is 0 Å². The van der Waals surface area contributed by atoms with Crippen LogP contribution in [0, 0.1) is 0 Å². The van der Waals surface area contributed by atoms with Crippen LogP contribution in [0.5, 0.6) is 0 Å². The van der Waals surface area contributed by atoms with Gasteiger partial charge in [-0.25, -0.2) is 25.3 Å². The van der Waals surface area contributed by atoms with Gasteiger partial charge in [0.15, 0.2) is 19.7 Å². The monoisotopic (exact) mass is 461 g/mol. The Morgan fingerprint density at radius 1 is 0.885 bits per heavy atom. The van der Waals surface area contributed by atoms with Crippen LogP contribution in [0.1, 0.15) is 12.8 Å². The highest BCUT2D eigenvalue weighted by Crippen LogP contribution is 2.33. The molecule has 0 amide bonds. The van der Waals surface area contributed by atoms with E-state index in [0.717, 1.165) is 4.31 Å². The number of sulfone groups is 2. The molecule has 0 aliphatic carbocycles. The van der Waals surface area contributed by atoms with Gasteiger partial charge in [0.05, 0.1) is 38.0 Å². The first-order chi connectivity index (χ1) is 11.9. The lowest BCUT2D eigenvalue weighted by Gasteiger charge is -2.32. The molecule has 0 spiro atoms. The van der Waals surface area contributed by atoms with Crippen molar-refractivity contribution >= 4 is 52.9 Å². The second-order valence-corrected chi connectivity index (χ2v) is 13.6. The van der Waals surface area contributed by atoms with Gasteiger partial charge in [-0.2, -0.15) is 4.31 Å². The molecule has 2 heterocycles. The lowest BCUT2D eigenvalue weighted by Crippen LogP contribution is -2.48. The number of benzene rings is 1. The number of hydrogen-bond acceptors (Lipinski definition) is 6. The molecule has 1 aromatic rings. The second-order valence-electron chi connectivity index (χ2n) is 6.52. The van der Waals surface area contributed by atoms with Gasteiger partial charge in [-0.3, -0.25) is 0 Å². The summed E-state index contributed by atoms with van der Waals surface area (Å²) in [5.41, 5.74) is 0. The summed E-state index contributed by atoms with van der Waals surface area (Å²) in [5, 5.41) is 0.231. The van der Waals surface area contributed by atoms with E-state index in [9.17, 15) is 25.3 Å². The Hall–Kier alpha value is -0.390. The maximum atomic E-state index is 13.2. The molecule has 0 unspecified atom stereocenters. The summed E-state index contributed by atoms with van der Waals surface area (Å²) in [7, 11) is -10.9. The highest BCUT2D eigenvalue weighted by atomic mass is 35.5. The fraction of sp³-hybridized carbons (Fsp3) is 0.571. The topological polar surface area (TPSA) is 106 Å². The predicted octanol–water partition coefficient (Wildman–Crippen LogP) is 1.36. The first kappa shape index (κ1) is 20.3. The van der Waals surface area contributed by atoms with Crippen molar-refractivity contribution in [3.8, 4) is 0 Å². The molecule has 0 saturated carbocycles. The third kappa shape index (κ3) is 4.05. The van der Waals surface area contributed by atoms with E-state index in [1.807, 2.05) is 0 Å². The number of rotatable bonds is 4. The van der Waals surface area contributed by atoms with E-state index in [2.05, 4.69) is 0 Å². The fourth-order valence-corrected chi connectivity index (χ4v) is 9.27. The lowest BCUT2D eigenvalue weighted by atomic mass is 10.2. The fourth-order valence-electron chi connectivity index (χ4n) is 3.40. The highest BCUT2D eigenvalue weighted by Gasteiger charge is 2.46. The van der Waals surface area contributed by atoms with Crippen LogP contribution in [0.25, 0.3) is 0 Å². The summed E-state index contributed by atoms with van der Waals surface area (Å²) in [6.07, 6.45) is 0.277. The van der Waals surface area contributed by atoms with Gasteiger partial charge in [0, 0.05) is 12.1 Å². The summed E-state index contributed by atoms with van der Waals surface area (Å²) in [6.45, 7) is 0. The first-order valence-electron chi connectivity index (χ1n) is 7.81. The van der Waals surface area contributed by atoms with Crippen molar-refractivity contribution in [2.24, 2.45) is 0 Å². The standard InChI is InChI=1S/C14H17Cl2NO6S3/c15-13-2-1-12(7-14(13)16)26(22,23)17(10-3-5-24(18,19)8-10)11-4-6-25(20,21)9-11/h1-2,7,10-11H,3-6,8-9H2/t10-,11-/m0/s1. The third-order valence-corrected chi connectivity index (χ3v) is 10.8. The minimum absolute atomic E-state index is 0.0470. The van der Waals surface area contributed by atoms with Gasteiger partial charge in [0.25, 0.3) is 0 Å². The molecule has 146 valence electrons. The van der Waals surface area contributed by atoms with E-state index < -0.39 is 41.8 Å². The first-order valence-corrected chi connectivity index (χ1v) is 13.6. The van der Waals surface area contributed by atoms with Crippen LogP contribution in [0.4, 0.5) is 0 Å². The highest BCUT2D eigenvalue weighted by molar-refractivity contribution is 7.92. The number of nitrogens with zero attached hydrogens (tertiary/aromatic N) is 1. The molecule has 7 nitrogen and oxygen atoms in total. The summed E-state index contributed by atoms with van der Waals surface area (Å²) < 4.78 is 75.0. The largest absolute Gasteiger partial charge is 0.243 e. The Kier molecular flexibility index (Phi) is 5.39. The molecule has 2 aliphatic heterocycles. The minimum Gasteiger partial charge on any atom is -0.229 e. The molecule has 1 aromatic carbocycles. The Bertz CT molecular complexity index is 992. The van der Waals surface area contributed by atoms with E-state index in [4.69, 9.17) is 23.2 Å². The van der Waals surface area contributed by atoms with Crippen LogP contribution in [-0.2, 0) is 29.7 Å². The van der Waals surface area contributed by atoms with Gasteiger partial charge >= 0.3 is 0 Å². The van der Waals surface area contributed by atoms with Crippen LogP contribution in [-0.4, -0.2) is 64.7 Å². The Labute approximate surface area is 163 Å². The Morgan fingerprint density at radius 3 is 1.77 bits per heavy atom. The lowest BCUT2D eigenvalue weighted by molar-refractivity contribution is 0.280. The van der Waals surface area contributed by atoms with Crippen LogP contribution in [0.3, 0.4) is 0 Å². The van der Waals surface area contributed by atoms with E-state index in [-0.39, 0.29) is 50.8 Å². The quantitative estimate of drug-likeness (QED) is 0.669. The van der Waals surface area contributed by atoms with E-state index in [1.165, 1.54) is 18.2 Å². The molecule has 0 bridgehead atoms. The maximum absolute atomic E-state index is 13.2. The zero-order chi connectivity index (χ0) is 19.3. The molecule has 0 N–H and O–H groups in total. The molecular formula is C14H17Cl2NO6S3. The van der Waals surface area contributed by atoms with Crippen molar-refractivity contribution in [3.63, 3.8) is 0 Å². The zero-order valence-electron chi connectivity index (χ0n) is 13.5. The van der Waals surface area contributed by atoms with E-state index >= 15 is 0 Å². The average molecular weight is 462 g/mol.